The van der Waals surface area contributed by atoms with Crippen LogP contribution in [0.5, 0.6) is 0 Å². The Morgan fingerprint density at radius 2 is 2.10 bits per heavy atom. The van der Waals surface area contributed by atoms with E-state index >= 15 is 0 Å². The standard InChI is InChI=1S/C14H20N2O3S/c1-8-6-10(15-12(18)9-4-5-9)20-11(8)13(19)16-14(2,3)7-17/h6,9,17H,4-5,7H2,1-3H3,(H,15,18)(H,16,19). The summed E-state index contributed by atoms with van der Waals surface area (Å²) in [6.07, 6.45) is 1.91. The van der Waals surface area contributed by atoms with Crippen LogP contribution >= 0.6 is 11.3 Å². The lowest BCUT2D eigenvalue weighted by Gasteiger charge is -2.23. The van der Waals surface area contributed by atoms with Crippen LogP contribution in [0, 0.1) is 12.8 Å². The lowest BCUT2D eigenvalue weighted by atomic mass is 10.1. The fourth-order valence-electron chi connectivity index (χ4n) is 1.74. The first kappa shape index (κ1) is 15.0. The van der Waals surface area contributed by atoms with Gasteiger partial charge in [-0.25, -0.2) is 0 Å². The van der Waals surface area contributed by atoms with Gasteiger partial charge in [0.1, 0.15) is 0 Å². The first-order valence-electron chi connectivity index (χ1n) is 6.67. The number of nitrogens with one attached hydrogen (secondary N) is 2. The molecule has 1 saturated carbocycles. The summed E-state index contributed by atoms with van der Waals surface area (Å²) in [5.74, 6) is -0.0460. The summed E-state index contributed by atoms with van der Waals surface area (Å²) in [4.78, 5) is 24.4. The molecule has 1 aromatic heterocycles. The molecule has 0 spiro atoms. The van der Waals surface area contributed by atoms with E-state index in [-0.39, 0.29) is 24.3 Å². The quantitative estimate of drug-likeness (QED) is 0.776. The van der Waals surface area contributed by atoms with Crippen molar-refractivity contribution in [2.45, 2.75) is 39.2 Å². The van der Waals surface area contributed by atoms with E-state index in [9.17, 15) is 14.7 Å². The Bertz CT molecular complexity index is 533. The van der Waals surface area contributed by atoms with Crippen molar-refractivity contribution in [2.24, 2.45) is 5.92 Å². The highest BCUT2D eigenvalue weighted by Gasteiger charge is 2.30. The van der Waals surface area contributed by atoms with Crippen LogP contribution in [-0.2, 0) is 4.79 Å². The third-order valence-electron chi connectivity index (χ3n) is 3.17. The summed E-state index contributed by atoms with van der Waals surface area (Å²) in [7, 11) is 0. The summed E-state index contributed by atoms with van der Waals surface area (Å²) in [5, 5.41) is 15.5. The monoisotopic (exact) mass is 296 g/mol. The highest BCUT2D eigenvalue weighted by atomic mass is 32.1. The summed E-state index contributed by atoms with van der Waals surface area (Å²) in [5.41, 5.74) is 0.164. The molecular weight excluding hydrogens is 276 g/mol. The molecule has 0 aliphatic heterocycles. The number of aryl methyl sites for hydroxylation is 1. The maximum atomic E-state index is 12.2. The minimum Gasteiger partial charge on any atom is -0.394 e. The number of aliphatic hydroxyl groups is 1. The van der Waals surface area contributed by atoms with Gasteiger partial charge in [0.05, 0.1) is 22.0 Å². The number of carbonyl (C=O) groups is 2. The van der Waals surface area contributed by atoms with Crippen molar-refractivity contribution < 1.29 is 14.7 Å². The van der Waals surface area contributed by atoms with Crippen molar-refractivity contribution in [3.63, 3.8) is 0 Å². The van der Waals surface area contributed by atoms with Crippen molar-refractivity contribution >= 4 is 28.2 Å². The molecule has 0 radical (unpaired) electrons. The predicted molar refractivity (Wildman–Crippen MR) is 79.0 cm³/mol. The molecule has 1 heterocycles. The molecule has 3 N–H and O–H groups in total. The highest BCUT2D eigenvalue weighted by Crippen LogP contribution is 2.32. The molecule has 1 fully saturated rings. The Kier molecular flexibility index (Phi) is 4.15. The number of carbonyl (C=O) groups excluding carboxylic acids is 2. The molecule has 1 aliphatic rings. The van der Waals surface area contributed by atoms with Crippen LogP contribution in [0.15, 0.2) is 6.07 Å². The minimum absolute atomic E-state index is 0.0360. The molecule has 0 aromatic carbocycles. The van der Waals surface area contributed by atoms with Crippen LogP contribution in [0.4, 0.5) is 5.00 Å². The largest absolute Gasteiger partial charge is 0.394 e. The molecule has 6 heteroatoms. The SMILES string of the molecule is Cc1cc(NC(=O)C2CC2)sc1C(=O)NC(C)(C)CO. The van der Waals surface area contributed by atoms with Gasteiger partial charge in [0.15, 0.2) is 0 Å². The van der Waals surface area contributed by atoms with Gasteiger partial charge in [-0.2, -0.15) is 0 Å². The first-order valence-corrected chi connectivity index (χ1v) is 7.49. The zero-order valence-electron chi connectivity index (χ0n) is 11.9. The summed E-state index contributed by atoms with van der Waals surface area (Å²) in [6, 6.07) is 1.81. The molecule has 2 rings (SSSR count). The Balaban J connectivity index is 2.06. The number of amides is 2. The molecular formula is C14H20N2O3S. The van der Waals surface area contributed by atoms with Crippen molar-refractivity contribution in [1.29, 1.82) is 0 Å². The van der Waals surface area contributed by atoms with Crippen molar-refractivity contribution in [2.75, 3.05) is 11.9 Å². The lowest BCUT2D eigenvalue weighted by Crippen LogP contribution is -2.46. The number of hydrogen-bond acceptors (Lipinski definition) is 4. The summed E-state index contributed by atoms with van der Waals surface area (Å²) in [6.45, 7) is 5.21. The molecule has 5 nitrogen and oxygen atoms in total. The molecule has 110 valence electrons. The number of hydrogen-bond donors (Lipinski definition) is 3. The molecule has 0 saturated heterocycles. The van der Waals surface area contributed by atoms with Gasteiger partial charge in [-0.3, -0.25) is 9.59 Å². The predicted octanol–water partition coefficient (Wildman–Crippen LogP) is 1.91. The van der Waals surface area contributed by atoms with Gasteiger partial charge in [0, 0.05) is 5.92 Å². The fourth-order valence-corrected chi connectivity index (χ4v) is 2.71. The van der Waals surface area contributed by atoms with E-state index in [4.69, 9.17) is 0 Å². The number of thiophene rings is 1. The molecule has 0 atom stereocenters. The molecule has 0 unspecified atom stereocenters. The molecule has 20 heavy (non-hydrogen) atoms. The van der Waals surface area contributed by atoms with Crippen LogP contribution in [0.25, 0.3) is 0 Å². The zero-order valence-corrected chi connectivity index (χ0v) is 12.8. The Labute approximate surface area is 122 Å². The summed E-state index contributed by atoms with van der Waals surface area (Å²) < 4.78 is 0. The van der Waals surface area contributed by atoms with Crippen molar-refractivity contribution in [3.8, 4) is 0 Å². The third kappa shape index (κ3) is 3.58. The Morgan fingerprint density at radius 1 is 1.45 bits per heavy atom. The smallest absolute Gasteiger partial charge is 0.262 e. The van der Waals surface area contributed by atoms with Crippen LogP contribution in [-0.4, -0.2) is 29.1 Å². The van der Waals surface area contributed by atoms with E-state index in [1.165, 1.54) is 11.3 Å². The van der Waals surface area contributed by atoms with Crippen molar-refractivity contribution in [1.82, 2.24) is 5.32 Å². The van der Waals surface area contributed by atoms with Gasteiger partial charge in [-0.15, -0.1) is 11.3 Å². The molecule has 1 aliphatic carbocycles. The summed E-state index contributed by atoms with van der Waals surface area (Å²) >= 11 is 1.27. The van der Waals surface area contributed by atoms with Gasteiger partial charge in [0.2, 0.25) is 5.91 Å². The van der Waals surface area contributed by atoms with Gasteiger partial charge < -0.3 is 15.7 Å². The normalized spacial score (nSPS) is 15.0. The fraction of sp³-hybridized carbons (Fsp3) is 0.571. The lowest BCUT2D eigenvalue weighted by molar-refractivity contribution is -0.117. The second kappa shape index (κ2) is 5.54. The average molecular weight is 296 g/mol. The van der Waals surface area contributed by atoms with Crippen LogP contribution in [0.3, 0.4) is 0 Å². The third-order valence-corrected chi connectivity index (χ3v) is 4.32. The molecule has 1 aromatic rings. The zero-order chi connectivity index (χ0) is 14.9. The van der Waals surface area contributed by atoms with Crippen LogP contribution in [0.1, 0.15) is 41.9 Å². The number of aliphatic hydroxyl groups excluding tert-OH is 1. The highest BCUT2D eigenvalue weighted by molar-refractivity contribution is 7.18. The molecule has 0 bridgehead atoms. The average Bonchev–Trinajstić information content (AvgIpc) is 3.14. The van der Waals surface area contributed by atoms with E-state index < -0.39 is 5.54 Å². The maximum Gasteiger partial charge on any atom is 0.262 e. The molecule has 2 amide bonds. The van der Waals surface area contributed by atoms with E-state index in [0.717, 1.165) is 18.4 Å². The van der Waals surface area contributed by atoms with E-state index in [2.05, 4.69) is 10.6 Å². The van der Waals surface area contributed by atoms with Gasteiger partial charge in [-0.05, 0) is 45.2 Å². The van der Waals surface area contributed by atoms with Gasteiger partial charge >= 0.3 is 0 Å². The Morgan fingerprint density at radius 3 is 2.65 bits per heavy atom. The minimum atomic E-state index is -0.662. The number of rotatable bonds is 5. The van der Waals surface area contributed by atoms with E-state index in [1.807, 2.05) is 13.0 Å². The van der Waals surface area contributed by atoms with Gasteiger partial charge in [0.25, 0.3) is 5.91 Å². The second-order valence-corrected chi connectivity index (χ2v) is 6.93. The van der Waals surface area contributed by atoms with Crippen LogP contribution in [0.2, 0.25) is 0 Å². The first-order chi connectivity index (χ1) is 9.32. The van der Waals surface area contributed by atoms with E-state index in [0.29, 0.717) is 9.88 Å². The second-order valence-electron chi connectivity index (χ2n) is 5.88. The maximum absolute atomic E-state index is 12.2. The number of anilines is 1. The van der Waals surface area contributed by atoms with Gasteiger partial charge in [-0.1, -0.05) is 0 Å². The van der Waals surface area contributed by atoms with E-state index in [1.54, 1.807) is 13.8 Å². The van der Waals surface area contributed by atoms with Crippen molar-refractivity contribution in [3.05, 3.63) is 16.5 Å². The topological polar surface area (TPSA) is 78.4 Å². The Hall–Kier alpha value is -1.40. The van der Waals surface area contributed by atoms with Crippen LogP contribution < -0.4 is 10.6 Å².